The summed E-state index contributed by atoms with van der Waals surface area (Å²) in [5.41, 5.74) is 0.515. The number of rotatable bonds is 9. The van der Waals surface area contributed by atoms with Crippen LogP contribution in [-0.2, 0) is 26.2 Å². The van der Waals surface area contributed by atoms with E-state index in [1.54, 1.807) is 49.4 Å². The minimum absolute atomic E-state index is 0.0517. The summed E-state index contributed by atoms with van der Waals surface area (Å²) in [4.78, 5) is 28.2. The third-order valence-electron chi connectivity index (χ3n) is 5.01. The molecule has 0 aromatic heterocycles. The number of amides is 2. The maximum Gasteiger partial charge on any atom is 0.244 e. The van der Waals surface area contributed by atoms with Crippen molar-refractivity contribution in [3.63, 3.8) is 0 Å². The highest BCUT2D eigenvalue weighted by Gasteiger charge is 2.33. The van der Waals surface area contributed by atoms with E-state index in [0.717, 1.165) is 14.1 Å². The Balaban J connectivity index is 2.47. The van der Waals surface area contributed by atoms with Crippen LogP contribution in [0, 0.1) is 3.57 Å². The number of halogens is 3. The summed E-state index contributed by atoms with van der Waals surface area (Å²) in [5.74, 6) is -0.843. The molecule has 0 heterocycles. The lowest BCUT2D eigenvalue weighted by Gasteiger charge is -2.34. The zero-order valence-electron chi connectivity index (χ0n) is 20.3. The summed E-state index contributed by atoms with van der Waals surface area (Å²) >= 11 is 14.3. The molecule has 2 aromatic rings. The molecule has 0 saturated carbocycles. The summed E-state index contributed by atoms with van der Waals surface area (Å²) in [5, 5.41) is 3.61. The van der Waals surface area contributed by atoms with E-state index in [-0.39, 0.29) is 12.5 Å². The first-order chi connectivity index (χ1) is 16.1. The summed E-state index contributed by atoms with van der Waals surface area (Å²) in [6, 6.07) is 10.9. The number of hydrogen-bond acceptors (Lipinski definition) is 4. The Hall–Kier alpha value is -1.56. The molecule has 0 aliphatic rings. The second kappa shape index (κ2) is 12.1. The average Bonchev–Trinajstić information content (AvgIpc) is 2.73. The fourth-order valence-corrected chi connectivity index (χ4v) is 4.96. The maximum absolute atomic E-state index is 13.6. The van der Waals surface area contributed by atoms with Gasteiger partial charge in [0.05, 0.1) is 22.0 Å². The van der Waals surface area contributed by atoms with Crippen LogP contribution in [0.3, 0.4) is 0 Å². The normalized spacial score (nSPS) is 12.7. The molecule has 7 nitrogen and oxygen atoms in total. The third-order valence-corrected chi connectivity index (χ3v) is 7.61. The van der Waals surface area contributed by atoms with E-state index in [4.69, 9.17) is 23.2 Å². The van der Waals surface area contributed by atoms with Crippen LogP contribution in [0.5, 0.6) is 0 Å². The van der Waals surface area contributed by atoms with Gasteiger partial charge in [0.1, 0.15) is 12.6 Å². The van der Waals surface area contributed by atoms with Crippen molar-refractivity contribution >= 4 is 73.3 Å². The van der Waals surface area contributed by atoms with Gasteiger partial charge in [-0.15, -0.1) is 0 Å². The first-order valence-corrected chi connectivity index (χ1v) is 14.6. The molecule has 0 fully saturated rings. The Morgan fingerprint density at radius 3 is 2.14 bits per heavy atom. The van der Waals surface area contributed by atoms with Gasteiger partial charge in [0.25, 0.3) is 0 Å². The number of carbonyl (C=O) groups excluding carboxylic acids is 2. The van der Waals surface area contributed by atoms with Gasteiger partial charge in [-0.1, -0.05) is 36.2 Å². The number of nitrogens with one attached hydrogen (secondary N) is 1. The Morgan fingerprint density at radius 2 is 1.66 bits per heavy atom. The molecule has 0 unspecified atom stereocenters. The molecule has 2 rings (SSSR count). The highest BCUT2D eigenvalue weighted by atomic mass is 127. The Labute approximate surface area is 231 Å². The van der Waals surface area contributed by atoms with Crippen molar-refractivity contribution in [3.05, 3.63) is 61.6 Å². The zero-order valence-corrected chi connectivity index (χ0v) is 24.8. The fourth-order valence-electron chi connectivity index (χ4n) is 3.43. The van der Waals surface area contributed by atoms with Crippen molar-refractivity contribution in [2.24, 2.45) is 0 Å². The predicted octanol–water partition coefficient (Wildman–Crippen LogP) is 5.09. The fraction of sp³-hybridized carbons (Fsp3) is 0.417. The van der Waals surface area contributed by atoms with Crippen LogP contribution in [0.25, 0.3) is 0 Å². The number of carbonyl (C=O) groups is 2. The topological polar surface area (TPSA) is 86.8 Å². The summed E-state index contributed by atoms with van der Waals surface area (Å²) in [6.07, 6.45) is 1.38. The Morgan fingerprint density at radius 1 is 1.06 bits per heavy atom. The molecular formula is C24H30Cl2IN3O4S. The minimum Gasteiger partial charge on any atom is -0.350 e. The van der Waals surface area contributed by atoms with Crippen LogP contribution < -0.4 is 9.62 Å². The van der Waals surface area contributed by atoms with Crippen molar-refractivity contribution in [2.75, 3.05) is 17.1 Å². The van der Waals surface area contributed by atoms with Crippen molar-refractivity contribution in [1.29, 1.82) is 0 Å². The molecule has 2 amide bonds. The van der Waals surface area contributed by atoms with Gasteiger partial charge >= 0.3 is 0 Å². The molecule has 0 saturated heterocycles. The van der Waals surface area contributed by atoms with Gasteiger partial charge in [0.2, 0.25) is 21.8 Å². The molecular weight excluding hydrogens is 624 g/mol. The standard InChI is InChI=1S/C24H30Cl2IN3O4S/c1-6-21(23(32)28-24(2,3)4)29(14-16-7-12-19(25)20(26)13-16)22(31)15-30(35(5,33)34)18-10-8-17(27)9-11-18/h7-13,21H,6,14-15H2,1-5H3,(H,28,32)/t21-/m1/s1. The monoisotopic (exact) mass is 653 g/mol. The molecule has 1 N–H and O–H groups in total. The van der Waals surface area contributed by atoms with Crippen LogP contribution in [0.15, 0.2) is 42.5 Å². The molecule has 0 radical (unpaired) electrons. The smallest absolute Gasteiger partial charge is 0.244 e. The summed E-state index contributed by atoms with van der Waals surface area (Å²) < 4.78 is 27.2. The molecule has 0 bridgehead atoms. The SMILES string of the molecule is CC[C@H](C(=O)NC(C)(C)C)N(Cc1ccc(Cl)c(Cl)c1)C(=O)CN(c1ccc(I)cc1)S(C)(=O)=O. The highest BCUT2D eigenvalue weighted by Crippen LogP contribution is 2.25. The lowest BCUT2D eigenvalue weighted by molar-refractivity contribution is -0.141. The van der Waals surface area contributed by atoms with Crippen molar-refractivity contribution in [2.45, 2.75) is 52.2 Å². The van der Waals surface area contributed by atoms with E-state index < -0.39 is 34.1 Å². The number of hydrogen-bond donors (Lipinski definition) is 1. The molecule has 0 aliphatic carbocycles. The first kappa shape index (κ1) is 29.7. The number of benzene rings is 2. The summed E-state index contributed by atoms with van der Waals surface area (Å²) in [6.45, 7) is 6.95. The average molecular weight is 654 g/mol. The van der Waals surface area contributed by atoms with Crippen molar-refractivity contribution in [3.8, 4) is 0 Å². The van der Waals surface area contributed by atoms with E-state index in [9.17, 15) is 18.0 Å². The lowest BCUT2D eigenvalue weighted by Crippen LogP contribution is -2.55. The predicted molar refractivity (Wildman–Crippen MR) is 150 cm³/mol. The molecule has 192 valence electrons. The number of nitrogens with zero attached hydrogens (tertiary/aromatic N) is 2. The van der Waals surface area contributed by atoms with E-state index in [2.05, 4.69) is 27.9 Å². The third kappa shape index (κ3) is 8.80. The molecule has 35 heavy (non-hydrogen) atoms. The first-order valence-electron chi connectivity index (χ1n) is 10.9. The summed E-state index contributed by atoms with van der Waals surface area (Å²) in [7, 11) is -3.78. The van der Waals surface area contributed by atoms with Gasteiger partial charge in [0, 0.05) is 15.7 Å². The second-order valence-corrected chi connectivity index (χ2v) is 13.1. The Bertz CT molecular complexity index is 1170. The van der Waals surface area contributed by atoms with Crippen LogP contribution in [0.1, 0.15) is 39.7 Å². The second-order valence-electron chi connectivity index (χ2n) is 9.18. The van der Waals surface area contributed by atoms with E-state index in [0.29, 0.717) is 27.7 Å². The van der Waals surface area contributed by atoms with Crippen molar-refractivity contribution in [1.82, 2.24) is 10.2 Å². The van der Waals surface area contributed by atoms with Gasteiger partial charge in [-0.05, 0) is 91.7 Å². The lowest BCUT2D eigenvalue weighted by atomic mass is 10.1. The van der Waals surface area contributed by atoms with Crippen LogP contribution in [0.4, 0.5) is 5.69 Å². The van der Waals surface area contributed by atoms with Gasteiger partial charge in [0.15, 0.2) is 0 Å². The minimum atomic E-state index is -3.78. The largest absolute Gasteiger partial charge is 0.350 e. The van der Waals surface area contributed by atoms with Gasteiger partial charge < -0.3 is 10.2 Å². The molecule has 11 heteroatoms. The van der Waals surface area contributed by atoms with Crippen LogP contribution in [-0.4, -0.2) is 49.5 Å². The maximum atomic E-state index is 13.6. The molecule has 2 aromatic carbocycles. The molecule has 0 aliphatic heterocycles. The van der Waals surface area contributed by atoms with Gasteiger partial charge in [-0.2, -0.15) is 0 Å². The highest BCUT2D eigenvalue weighted by molar-refractivity contribution is 14.1. The number of anilines is 1. The molecule has 0 spiro atoms. The molecule has 1 atom stereocenters. The van der Waals surface area contributed by atoms with E-state index in [1.807, 2.05) is 20.8 Å². The van der Waals surface area contributed by atoms with E-state index in [1.165, 1.54) is 4.90 Å². The number of sulfonamides is 1. The van der Waals surface area contributed by atoms with Crippen molar-refractivity contribution < 1.29 is 18.0 Å². The van der Waals surface area contributed by atoms with Crippen LogP contribution >= 0.6 is 45.8 Å². The van der Waals surface area contributed by atoms with Crippen LogP contribution in [0.2, 0.25) is 10.0 Å². The van der Waals surface area contributed by atoms with E-state index >= 15 is 0 Å². The Kier molecular flexibility index (Phi) is 10.3. The quantitative estimate of drug-likeness (QED) is 0.382. The van der Waals surface area contributed by atoms with Gasteiger partial charge in [-0.3, -0.25) is 13.9 Å². The van der Waals surface area contributed by atoms with Gasteiger partial charge in [-0.25, -0.2) is 8.42 Å². The zero-order chi connectivity index (χ0) is 26.6.